The van der Waals surface area contributed by atoms with Gasteiger partial charge in [0.25, 0.3) is 11.8 Å². The van der Waals surface area contributed by atoms with Crippen LogP contribution < -0.4 is 10.6 Å². The summed E-state index contributed by atoms with van der Waals surface area (Å²) in [4.78, 5) is 39.9. The number of nitrogens with one attached hydrogen (secondary N) is 2. The first-order valence-corrected chi connectivity index (χ1v) is 10.7. The topological polar surface area (TPSA) is 78.5 Å². The molecule has 4 rings (SSSR count). The molecule has 1 saturated carbocycles. The lowest BCUT2D eigenvalue weighted by atomic mass is 9.88. The lowest BCUT2D eigenvalue weighted by molar-refractivity contribution is -0.124. The smallest absolute Gasteiger partial charge is 0.256 e. The Morgan fingerprint density at radius 3 is 2.19 bits per heavy atom. The van der Waals surface area contributed by atoms with Crippen LogP contribution in [-0.4, -0.2) is 47.8 Å². The molecule has 1 aliphatic heterocycles. The fourth-order valence-electron chi connectivity index (χ4n) is 3.97. The maximum absolute atomic E-state index is 14.0. The number of rotatable bonds is 6. The van der Waals surface area contributed by atoms with Gasteiger partial charge in [0.05, 0.1) is 5.56 Å². The molecule has 6 nitrogen and oxygen atoms in total. The third kappa shape index (κ3) is 5.10. The number of likely N-dealkylation sites (tertiary alicyclic amines) is 1. The van der Waals surface area contributed by atoms with E-state index in [1.807, 2.05) is 6.07 Å². The second kappa shape index (κ2) is 9.29. The molecule has 0 spiro atoms. The summed E-state index contributed by atoms with van der Waals surface area (Å²) in [5.74, 6) is -1.45. The highest BCUT2D eigenvalue weighted by Crippen LogP contribution is 2.25. The molecule has 1 unspecified atom stereocenters. The maximum atomic E-state index is 14.0. The van der Waals surface area contributed by atoms with Crippen LogP contribution in [0.25, 0.3) is 0 Å². The van der Waals surface area contributed by atoms with Crippen molar-refractivity contribution in [2.75, 3.05) is 13.1 Å². The van der Waals surface area contributed by atoms with Crippen LogP contribution in [0.3, 0.4) is 0 Å². The van der Waals surface area contributed by atoms with E-state index in [2.05, 4.69) is 10.6 Å². The zero-order chi connectivity index (χ0) is 21.8. The van der Waals surface area contributed by atoms with Gasteiger partial charge in [0.15, 0.2) is 0 Å². The molecule has 0 radical (unpaired) electrons. The standard InChI is InChI=1S/C24H26FN3O3/c25-20-9-5-4-8-19(20)24(31)28-14-12-16(13-15-28)21(23(30)26-18-10-11-18)27-22(29)17-6-2-1-3-7-17/h1-9,16,18,21H,10-15H2,(H,26,30)(H,27,29). The van der Waals surface area contributed by atoms with Gasteiger partial charge in [-0.05, 0) is 55.9 Å². The molecule has 2 aromatic carbocycles. The molecule has 1 atom stereocenters. The van der Waals surface area contributed by atoms with Crippen LogP contribution in [0.4, 0.5) is 4.39 Å². The molecule has 0 bridgehead atoms. The Morgan fingerprint density at radius 1 is 0.903 bits per heavy atom. The van der Waals surface area contributed by atoms with Crippen LogP contribution in [0.5, 0.6) is 0 Å². The molecular formula is C24H26FN3O3. The van der Waals surface area contributed by atoms with E-state index in [1.54, 1.807) is 41.3 Å². The minimum atomic E-state index is -0.668. The molecule has 2 fully saturated rings. The van der Waals surface area contributed by atoms with E-state index in [9.17, 15) is 18.8 Å². The van der Waals surface area contributed by atoms with Gasteiger partial charge >= 0.3 is 0 Å². The van der Waals surface area contributed by atoms with Crippen molar-refractivity contribution < 1.29 is 18.8 Å². The molecule has 7 heteroatoms. The zero-order valence-corrected chi connectivity index (χ0v) is 17.2. The number of hydrogen-bond donors (Lipinski definition) is 2. The Morgan fingerprint density at radius 2 is 1.55 bits per heavy atom. The van der Waals surface area contributed by atoms with Crippen molar-refractivity contribution in [1.29, 1.82) is 0 Å². The molecule has 1 aliphatic carbocycles. The van der Waals surface area contributed by atoms with Gasteiger partial charge in [-0.15, -0.1) is 0 Å². The number of carbonyl (C=O) groups is 3. The van der Waals surface area contributed by atoms with Crippen molar-refractivity contribution in [2.24, 2.45) is 5.92 Å². The fraction of sp³-hybridized carbons (Fsp3) is 0.375. The Kier molecular flexibility index (Phi) is 6.30. The molecule has 2 aliphatic rings. The van der Waals surface area contributed by atoms with Crippen LogP contribution in [0, 0.1) is 11.7 Å². The van der Waals surface area contributed by atoms with Crippen LogP contribution in [0.1, 0.15) is 46.4 Å². The number of piperidine rings is 1. The number of amides is 3. The molecule has 1 saturated heterocycles. The molecule has 2 aromatic rings. The van der Waals surface area contributed by atoms with Crippen molar-refractivity contribution in [3.63, 3.8) is 0 Å². The minimum Gasteiger partial charge on any atom is -0.352 e. The van der Waals surface area contributed by atoms with E-state index in [0.29, 0.717) is 31.5 Å². The van der Waals surface area contributed by atoms with Crippen molar-refractivity contribution in [3.05, 3.63) is 71.5 Å². The van der Waals surface area contributed by atoms with Gasteiger partial charge in [-0.25, -0.2) is 4.39 Å². The summed E-state index contributed by atoms with van der Waals surface area (Å²) in [7, 11) is 0. The van der Waals surface area contributed by atoms with Crippen molar-refractivity contribution in [2.45, 2.75) is 37.8 Å². The molecule has 1 heterocycles. The Labute approximate surface area is 180 Å². The van der Waals surface area contributed by atoms with Gasteiger partial charge in [0.2, 0.25) is 5.91 Å². The number of carbonyl (C=O) groups excluding carboxylic acids is 3. The lowest BCUT2D eigenvalue weighted by Crippen LogP contribution is -2.54. The van der Waals surface area contributed by atoms with E-state index < -0.39 is 11.9 Å². The van der Waals surface area contributed by atoms with Gasteiger partial charge in [0, 0.05) is 24.7 Å². The number of halogens is 1. The molecule has 0 aromatic heterocycles. The van der Waals surface area contributed by atoms with E-state index in [1.165, 1.54) is 12.1 Å². The second-order valence-electron chi connectivity index (χ2n) is 8.21. The first kappa shape index (κ1) is 21.0. The Hall–Kier alpha value is -3.22. The van der Waals surface area contributed by atoms with Gasteiger partial charge in [0.1, 0.15) is 11.9 Å². The maximum Gasteiger partial charge on any atom is 0.256 e. The van der Waals surface area contributed by atoms with E-state index in [4.69, 9.17) is 0 Å². The third-order valence-electron chi connectivity index (χ3n) is 5.93. The monoisotopic (exact) mass is 423 g/mol. The first-order chi connectivity index (χ1) is 15.0. The SMILES string of the molecule is O=C(NC(C(=O)NC1CC1)C1CCN(C(=O)c2ccccc2F)CC1)c1ccccc1. The van der Waals surface area contributed by atoms with Gasteiger partial charge in [-0.1, -0.05) is 30.3 Å². The zero-order valence-electron chi connectivity index (χ0n) is 17.2. The summed E-state index contributed by atoms with van der Waals surface area (Å²) in [6, 6.07) is 14.3. The van der Waals surface area contributed by atoms with Crippen molar-refractivity contribution in [3.8, 4) is 0 Å². The molecule has 162 valence electrons. The molecular weight excluding hydrogens is 397 g/mol. The first-order valence-electron chi connectivity index (χ1n) is 10.7. The average molecular weight is 423 g/mol. The predicted molar refractivity (Wildman–Crippen MR) is 114 cm³/mol. The quantitative estimate of drug-likeness (QED) is 0.750. The minimum absolute atomic E-state index is 0.0568. The van der Waals surface area contributed by atoms with Gasteiger partial charge < -0.3 is 15.5 Å². The summed E-state index contributed by atoms with van der Waals surface area (Å²) in [5.41, 5.74) is 0.556. The number of nitrogens with zero attached hydrogens (tertiary/aromatic N) is 1. The summed E-state index contributed by atoms with van der Waals surface area (Å²) < 4.78 is 14.0. The summed E-state index contributed by atoms with van der Waals surface area (Å²) >= 11 is 0. The van der Waals surface area contributed by atoms with E-state index in [0.717, 1.165) is 12.8 Å². The highest BCUT2D eigenvalue weighted by Gasteiger charge is 2.36. The van der Waals surface area contributed by atoms with Gasteiger partial charge in [-0.3, -0.25) is 14.4 Å². The summed E-state index contributed by atoms with van der Waals surface area (Å²) in [6.07, 6.45) is 3.03. The van der Waals surface area contributed by atoms with Crippen LogP contribution in [0.15, 0.2) is 54.6 Å². The van der Waals surface area contributed by atoms with Crippen LogP contribution in [-0.2, 0) is 4.79 Å². The predicted octanol–water partition coefficient (Wildman–Crippen LogP) is 2.76. The molecule has 3 amide bonds. The largest absolute Gasteiger partial charge is 0.352 e. The number of benzene rings is 2. The number of hydrogen-bond acceptors (Lipinski definition) is 3. The van der Waals surface area contributed by atoms with Crippen LogP contribution >= 0.6 is 0 Å². The highest BCUT2D eigenvalue weighted by atomic mass is 19.1. The van der Waals surface area contributed by atoms with E-state index in [-0.39, 0.29) is 35.2 Å². The highest BCUT2D eigenvalue weighted by molar-refractivity contribution is 5.98. The van der Waals surface area contributed by atoms with E-state index >= 15 is 0 Å². The van der Waals surface area contributed by atoms with Crippen molar-refractivity contribution in [1.82, 2.24) is 15.5 Å². The fourth-order valence-corrected chi connectivity index (χ4v) is 3.97. The Bertz CT molecular complexity index is 954. The molecule has 31 heavy (non-hydrogen) atoms. The summed E-state index contributed by atoms with van der Waals surface area (Å²) in [5, 5.41) is 5.90. The lowest BCUT2D eigenvalue weighted by Gasteiger charge is -2.36. The van der Waals surface area contributed by atoms with Gasteiger partial charge in [-0.2, -0.15) is 0 Å². The third-order valence-corrected chi connectivity index (χ3v) is 5.93. The van der Waals surface area contributed by atoms with Crippen molar-refractivity contribution >= 4 is 17.7 Å². The normalized spacial score (nSPS) is 17.6. The second-order valence-corrected chi connectivity index (χ2v) is 8.21. The Balaban J connectivity index is 1.42. The average Bonchev–Trinajstić information content (AvgIpc) is 3.62. The summed E-state index contributed by atoms with van der Waals surface area (Å²) in [6.45, 7) is 0.818. The molecule has 2 N–H and O–H groups in total. The van der Waals surface area contributed by atoms with Crippen LogP contribution in [0.2, 0.25) is 0 Å².